The molecule has 0 spiro atoms. The van der Waals surface area contributed by atoms with Crippen LogP contribution >= 0.6 is 0 Å². The van der Waals surface area contributed by atoms with Crippen LogP contribution in [-0.2, 0) is 33.2 Å². The van der Waals surface area contributed by atoms with Crippen molar-refractivity contribution in [3.05, 3.63) is 0 Å². The molecule has 16 atom stereocenters. The first-order chi connectivity index (χ1) is 21.9. The lowest BCUT2D eigenvalue weighted by Crippen LogP contribution is -2.68. The summed E-state index contributed by atoms with van der Waals surface area (Å²) in [6.07, 6.45) is -17.1. The number of unbranched alkanes of at least 4 members (excludes halogenated alkanes) is 5. The third kappa shape index (κ3) is 9.73. The number of aliphatic hydroxyl groups excluding tert-OH is 9. The molecule has 3 saturated heterocycles. The van der Waals surface area contributed by atoms with Gasteiger partial charge in [-0.05, 0) is 13.3 Å². The molecule has 3 aliphatic rings. The van der Waals surface area contributed by atoms with Crippen LogP contribution in [0, 0.1) is 0 Å². The van der Waals surface area contributed by atoms with Gasteiger partial charge >= 0.3 is 0 Å². The molecule has 0 aromatic heterocycles. The van der Waals surface area contributed by atoms with Gasteiger partial charge in [-0.2, -0.15) is 0 Å². The number of ether oxygens (including phenoxy) is 6. The molecule has 3 aliphatic heterocycles. The highest BCUT2D eigenvalue weighted by Gasteiger charge is 2.53. The Hall–Kier alpha value is -1.13. The number of amides is 1. The fourth-order valence-electron chi connectivity index (χ4n) is 5.82. The zero-order chi connectivity index (χ0) is 34.1. The second-order valence-electron chi connectivity index (χ2n) is 12.2. The Labute approximate surface area is 267 Å². The molecule has 3 fully saturated rings. The van der Waals surface area contributed by atoms with Crippen molar-refractivity contribution >= 4 is 5.91 Å². The molecule has 3 rings (SSSR count). The summed E-state index contributed by atoms with van der Waals surface area (Å²) in [5, 5.41) is 96.2. The van der Waals surface area contributed by atoms with Gasteiger partial charge in [-0.3, -0.25) is 4.79 Å². The standard InChI is InChI=1S/C29H53NO16/c1-4-5-6-7-8-9-10-41-28-24(40)21(37)23(39)25(45-28)13(2)42-29-26(22(38)19(35)16(12-32)44-29)46-27-17(30-14(3)33)20(36)18(34)15(11-31)43-27/h13,15-29,31-32,34-40H,4-12H2,1-3H3,(H,30,33)/t13-,15+,16+,17+,18+,19+,20+,21-,22-,23-,24+,25+,26-,27-,28+,29-/m0/s1. The number of nitrogens with one attached hydrogen (secondary N) is 1. The van der Waals surface area contributed by atoms with Crippen LogP contribution in [0.1, 0.15) is 59.3 Å². The molecule has 3 heterocycles. The van der Waals surface area contributed by atoms with E-state index in [4.69, 9.17) is 28.4 Å². The van der Waals surface area contributed by atoms with E-state index >= 15 is 0 Å². The molecule has 0 saturated carbocycles. The zero-order valence-electron chi connectivity index (χ0n) is 26.5. The fourth-order valence-corrected chi connectivity index (χ4v) is 5.82. The van der Waals surface area contributed by atoms with E-state index in [0.29, 0.717) is 6.42 Å². The van der Waals surface area contributed by atoms with Gasteiger partial charge in [-0.15, -0.1) is 0 Å². The maximum atomic E-state index is 11.9. The number of hydrogen-bond donors (Lipinski definition) is 10. The normalized spacial score (nSPS) is 42.5. The largest absolute Gasteiger partial charge is 0.394 e. The van der Waals surface area contributed by atoms with Crippen LogP contribution in [-0.4, -0.2) is 170 Å². The highest BCUT2D eigenvalue weighted by atomic mass is 16.8. The van der Waals surface area contributed by atoms with E-state index in [1.165, 1.54) is 6.92 Å². The van der Waals surface area contributed by atoms with Crippen molar-refractivity contribution in [3.8, 4) is 0 Å². The van der Waals surface area contributed by atoms with Gasteiger partial charge in [0.2, 0.25) is 5.91 Å². The van der Waals surface area contributed by atoms with Crippen LogP contribution in [0.4, 0.5) is 0 Å². The molecule has 0 radical (unpaired) electrons. The molecule has 0 aromatic rings. The van der Waals surface area contributed by atoms with Gasteiger partial charge in [0.05, 0.1) is 19.3 Å². The number of aliphatic hydroxyl groups is 9. The number of carbonyl (C=O) groups excluding carboxylic acids is 1. The molecule has 270 valence electrons. The summed E-state index contributed by atoms with van der Waals surface area (Å²) in [4.78, 5) is 11.9. The van der Waals surface area contributed by atoms with Crippen molar-refractivity contribution in [3.63, 3.8) is 0 Å². The minimum atomic E-state index is -1.81. The summed E-state index contributed by atoms with van der Waals surface area (Å²) in [5.74, 6) is -0.629. The number of carbonyl (C=O) groups is 1. The Morgan fingerprint density at radius 3 is 1.91 bits per heavy atom. The molecule has 17 nitrogen and oxygen atoms in total. The highest BCUT2D eigenvalue weighted by molar-refractivity contribution is 5.73. The van der Waals surface area contributed by atoms with Crippen molar-refractivity contribution in [1.82, 2.24) is 5.32 Å². The lowest BCUT2D eigenvalue weighted by Gasteiger charge is -2.48. The van der Waals surface area contributed by atoms with E-state index in [0.717, 1.165) is 39.0 Å². The van der Waals surface area contributed by atoms with E-state index in [2.05, 4.69) is 12.2 Å². The smallest absolute Gasteiger partial charge is 0.217 e. The van der Waals surface area contributed by atoms with Crippen LogP contribution in [0.5, 0.6) is 0 Å². The Balaban J connectivity index is 1.75. The van der Waals surface area contributed by atoms with Crippen LogP contribution in [0.2, 0.25) is 0 Å². The van der Waals surface area contributed by atoms with Gasteiger partial charge in [0.25, 0.3) is 0 Å². The van der Waals surface area contributed by atoms with Gasteiger partial charge in [0, 0.05) is 13.5 Å². The third-order valence-electron chi connectivity index (χ3n) is 8.56. The van der Waals surface area contributed by atoms with E-state index in [1.54, 1.807) is 0 Å². The second-order valence-corrected chi connectivity index (χ2v) is 12.2. The fraction of sp³-hybridized carbons (Fsp3) is 0.966. The molecule has 0 aliphatic carbocycles. The molecule has 10 N–H and O–H groups in total. The predicted molar refractivity (Wildman–Crippen MR) is 155 cm³/mol. The van der Waals surface area contributed by atoms with Crippen LogP contribution in [0.15, 0.2) is 0 Å². The Morgan fingerprint density at radius 1 is 0.717 bits per heavy atom. The Morgan fingerprint density at radius 2 is 1.30 bits per heavy atom. The number of rotatable bonds is 16. The van der Waals surface area contributed by atoms with Crippen LogP contribution in [0.3, 0.4) is 0 Å². The maximum absolute atomic E-state index is 11.9. The van der Waals surface area contributed by atoms with Crippen LogP contribution < -0.4 is 5.32 Å². The van der Waals surface area contributed by atoms with Crippen molar-refractivity contribution in [1.29, 1.82) is 0 Å². The quantitative estimate of drug-likeness (QED) is 0.0709. The molecule has 0 unspecified atom stereocenters. The van der Waals surface area contributed by atoms with Crippen molar-refractivity contribution < 1.29 is 79.2 Å². The van der Waals surface area contributed by atoms with Crippen molar-refractivity contribution in [2.75, 3.05) is 19.8 Å². The molecular formula is C29H53NO16. The summed E-state index contributed by atoms with van der Waals surface area (Å²) in [5.41, 5.74) is 0. The third-order valence-corrected chi connectivity index (χ3v) is 8.56. The summed E-state index contributed by atoms with van der Waals surface area (Å²) >= 11 is 0. The Kier molecular flexibility index (Phi) is 15.9. The van der Waals surface area contributed by atoms with Gasteiger partial charge in [0.1, 0.15) is 73.2 Å². The summed E-state index contributed by atoms with van der Waals surface area (Å²) in [7, 11) is 0. The summed E-state index contributed by atoms with van der Waals surface area (Å²) in [6, 6.07) is -1.40. The van der Waals surface area contributed by atoms with Gasteiger partial charge in [0.15, 0.2) is 18.9 Å². The van der Waals surface area contributed by atoms with Crippen molar-refractivity contribution in [2.24, 2.45) is 0 Å². The molecule has 1 amide bonds. The van der Waals surface area contributed by atoms with E-state index in [-0.39, 0.29) is 6.61 Å². The lowest BCUT2D eigenvalue weighted by atomic mass is 9.95. The van der Waals surface area contributed by atoms with Gasteiger partial charge in [-0.25, -0.2) is 0 Å². The average molecular weight is 672 g/mol. The first-order valence-electron chi connectivity index (χ1n) is 16.0. The predicted octanol–water partition coefficient (Wildman–Crippen LogP) is -3.66. The molecule has 0 aromatic carbocycles. The van der Waals surface area contributed by atoms with E-state index < -0.39 is 117 Å². The highest BCUT2D eigenvalue weighted by Crippen LogP contribution is 2.32. The molecule has 17 heteroatoms. The maximum Gasteiger partial charge on any atom is 0.217 e. The number of hydrogen-bond acceptors (Lipinski definition) is 16. The minimum Gasteiger partial charge on any atom is -0.394 e. The van der Waals surface area contributed by atoms with Crippen LogP contribution in [0.25, 0.3) is 0 Å². The average Bonchev–Trinajstić information content (AvgIpc) is 3.02. The minimum absolute atomic E-state index is 0.231. The summed E-state index contributed by atoms with van der Waals surface area (Å²) in [6.45, 7) is 3.44. The first kappa shape index (κ1) is 39.3. The lowest BCUT2D eigenvalue weighted by molar-refractivity contribution is -0.372. The molecular weight excluding hydrogens is 618 g/mol. The zero-order valence-corrected chi connectivity index (χ0v) is 26.5. The topological polar surface area (TPSA) is 267 Å². The van der Waals surface area contributed by atoms with E-state index in [9.17, 15) is 50.8 Å². The SMILES string of the molecule is CCCCCCCCO[C@@H]1O[C@H]([C@H](C)O[C@H]2O[C@H](CO)[C@@H](O)[C@H](O)[C@@H]2O[C@@H]2O[C@H](CO)[C@@H](O)[C@H](O)[C@H]2NC(C)=O)[C@@H](O)[C@H](O)[C@H]1O. The van der Waals surface area contributed by atoms with E-state index in [1.807, 2.05) is 0 Å². The second kappa shape index (κ2) is 18.6. The molecule has 0 bridgehead atoms. The first-order valence-corrected chi connectivity index (χ1v) is 16.0. The monoisotopic (exact) mass is 671 g/mol. The summed E-state index contributed by atoms with van der Waals surface area (Å²) < 4.78 is 34.6. The van der Waals surface area contributed by atoms with Gasteiger partial charge < -0.3 is 79.7 Å². The Bertz CT molecular complexity index is 903. The molecule has 46 heavy (non-hydrogen) atoms. The van der Waals surface area contributed by atoms with Gasteiger partial charge in [-0.1, -0.05) is 39.0 Å². The van der Waals surface area contributed by atoms with Crippen molar-refractivity contribution in [2.45, 2.75) is 157 Å².